The molecule has 0 radical (unpaired) electrons. The number of amides is 1. The molecule has 1 unspecified atom stereocenters. The van der Waals surface area contributed by atoms with Crippen LogP contribution in [0.15, 0.2) is 84.1 Å². The molecule has 6 nitrogen and oxygen atoms in total. The Morgan fingerprint density at radius 3 is 2.52 bits per heavy atom. The number of aliphatic hydroxyl groups excluding tert-OH is 1. The first-order valence-electron chi connectivity index (χ1n) is 15.3. The van der Waals surface area contributed by atoms with Gasteiger partial charge < -0.3 is 19.9 Å². The van der Waals surface area contributed by atoms with Gasteiger partial charge in [-0.2, -0.15) is 0 Å². The molecule has 3 aromatic carbocycles. The minimum absolute atomic E-state index is 0.0130. The smallest absolute Gasteiger partial charge is 0.232 e. The fraction of sp³-hybridized carbons (Fsp3) is 0.361. The predicted octanol–water partition coefficient (Wildman–Crippen LogP) is 7.86. The van der Waals surface area contributed by atoms with E-state index in [1.807, 2.05) is 72.8 Å². The number of fused-ring (bicyclic) bond motifs is 1. The van der Waals surface area contributed by atoms with Gasteiger partial charge in [-0.25, -0.2) is 0 Å². The summed E-state index contributed by atoms with van der Waals surface area (Å²) in [6, 6.07) is 21.8. The number of rotatable bonds is 8. The molecule has 218 valence electrons. The number of anilines is 2. The maximum Gasteiger partial charge on any atom is 0.232 e. The van der Waals surface area contributed by atoms with Crippen molar-refractivity contribution < 1.29 is 19.4 Å². The van der Waals surface area contributed by atoms with Crippen molar-refractivity contribution in [2.45, 2.75) is 57.6 Å². The van der Waals surface area contributed by atoms with Crippen LogP contribution in [0.3, 0.4) is 0 Å². The summed E-state index contributed by atoms with van der Waals surface area (Å²) in [5.41, 5.74) is 6.74. The Hall–Kier alpha value is -4.03. The fourth-order valence-electron chi connectivity index (χ4n) is 6.13. The first-order chi connectivity index (χ1) is 20.6. The highest BCUT2D eigenvalue weighted by atomic mass is 16.5. The number of ether oxygens (including phenoxy) is 2. The molecule has 2 fully saturated rings. The van der Waals surface area contributed by atoms with E-state index in [0.717, 1.165) is 85.4 Å². The topological polar surface area (TPSA) is 71.0 Å². The van der Waals surface area contributed by atoms with E-state index in [4.69, 9.17) is 9.47 Å². The van der Waals surface area contributed by atoms with Crippen molar-refractivity contribution in [1.29, 1.82) is 0 Å². The molecular weight excluding hydrogens is 524 g/mol. The average molecular weight is 565 g/mol. The van der Waals surface area contributed by atoms with E-state index in [2.05, 4.69) is 11.4 Å². The second-order valence-electron chi connectivity index (χ2n) is 11.5. The number of allylic oxidation sites excluding steroid dienone is 2. The fourth-order valence-corrected chi connectivity index (χ4v) is 6.13. The quantitative estimate of drug-likeness (QED) is 0.215. The number of nitrogens with zero attached hydrogens (tertiary/aromatic N) is 1. The van der Waals surface area contributed by atoms with Crippen molar-refractivity contribution in [1.82, 2.24) is 0 Å². The average Bonchev–Trinajstić information content (AvgIpc) is 3.02. The number of hydrogen-bond donors (Lipinski definition) is 2. The molecule has 6 rings (SSSR count). The molecule has 3 aromatic rings. The van der Waals surface area contributed by atoms with Gasteiger partial charge in [-0.3, -0.25) is 9.69 Å². The summed E-state index contributed by atoms with van der Waals surface area (Å²) in [6.07, 6.45) is 11.3. The Morgan fingerprint density at radius 1 is 1.00 bits per heavy atom. The molecule has 0 aromatic heterocycles. The van der Waals surface area contributed by atoms with Crippen LogP contribution in [0.1, 0.15) is 68.7 Å². The second-order valence-corrected chi connectivity index (χ2v) is 11.5. The lowest BCUT2D eigenvalue weighted by Gasteiger charge is -2.33. The molecule has 1 heterocycles. The minimum atomic E-state index is -1.10. The maximum absolute atomic E-state index is 14.0. The molecule has 6 heteroatoms. The second kappa shape index (κ2) is 12.9. The van der Waals surface area contributed by atoms with Crippen LogP contribution < -0.4 is 15.0 Å². The molecule has 2 saturated carbocycles. The van der Waals surface area contributed by atoms with Crippen LogP contribution in [-0.2, 0) is 9.53 Å². The van der Waals surface area contributed by atoms with Crippen molar-refractivity contribution in [3.63, 3.8) is 0 Å². The number of hydrogen-bond acceptors (Lipinski definition) is 5. The van der Waals surface area contributed by atoms with Gasteiger partial charge in [-0.1, -0.05) is 67.8 Å². The van der Waals surface area contributed by atoms with Gasteiger partial charge in [-0.15, -0.1) is 0 Å². The Morgan fingerprint density at radius 2 is 1.79 bits per heavy atom. The van der Waals surface area contributed by atoms with Crippen molar-refractivity contribution in [3.8, 4) is 16.9 Å². The van der Waals surface area contributed by atoms with Crippen molar-refractivity contribution >= 4 is 23.4 Å². The van der Waals surface area contributed by atoms with E-state index >= 15 is 0 Å². The Balaban J connectivity index is 1.28. The standard InChI is InChI=1S/C36H40N2O4/c1-41-33(27-10-6-11-27)20-13-25-7-5-12-31(23-25)38(35(39)28-8-3-2-4-9-28)36(40)29-16-14-26(15-17-29)30-18-19-32-34(24-30)42-22-21-37-32/h5,7,12-20,23-24,28,36-37,40H,2-4,6,8-11,21-22H2,1H3/b20-13+. The number of carbonyl (C=O) groups excluding carboxylic acids is 1. The summed E-state index contributed by atoms with van der Waals surface area (Å²) in [4.78, 5) is 15.6. The van der Waals surface area contributed by atoms with Gasteiger partial charge in [0.1, 0.15) is 18.1 Å². The van der Waals surface area contributed by atoms with Gasteiger partial charge >= 0.3 is 0 Å². The number of methoxy groups -OCH3 is 1. The molecule has 0 bridgehead atoms. The van der Waals surface area contributed by atoms with Gasteiger partial charge in [0.15, 0.2) is 6.23 Å². The molecule has 42 heavy (non-hydrogen) atoms. The summed E-state index contributed by atoms with van der Waals surface area (Å²) >= 11 is 0. The largest absolute Gasteiger partial charge is 0.497 e. The van der Waals surface area contributed by atoms with Crippen LogP contribution in [0.5, 0.6) is 5.75 Å². The normalized spacial score (nSPS) is 17.4. The zero-order valence-electron chi connectivity index (χ0n) is 24.4. The third-order valence-electron chi connectivity index (χ3n) is 8.74. The van der Waals surface area contributed by atoms with E-state index in [9.17, 15) is 9.90 Å². The highest BCUT2D eigenvalue weighted by Gasteiger charge is 2.32. The number of nitrogens with one attached hydrogen (secondary N) is 1. The molecular formula is C36H40N2O4. The van der Waals surface area contributed by atoms with Gasteiger partial charge in [0.25, 0.3) is 0 Å². The lowest BCUT2D eigenvalue weighted by atomic mass is 9.88. The summed E-state index contributed by atoms with van der Waals surface area (Å²) in [7, 11) is 1.71. The van der Waals surface area contributed by atoms with Crippen molar-refractivity contribution in [2.24, 2.45) is 5.92 Å². The van der Waals surface area contributed by atoms with E-state index in [-0.39, 0.29) is 11.8 Å². The molecule has 2 N–H and O–H groups in total. The SMILES string of the molecule is COC(/C=C/c1cccc(N(C(=O)C2CCCCC2)C(O)c2ccc(-c3ccc4c(c3)OCCN4)cc2)c1)=C1CCC1. The predicted molar refractivity (Wildman–Crippen MR) is 168 cm³/mol. The first kappa shape index (κ1) is 28.1. The molecule has 1 aliphatic heterocycles. The molecule has 3 aliphatic rings. The van der Waals surface area contributed by atoms with Crippen LogP contribution in [0.25, 0.3) is 17.2 Å². The van der Waals surface area contributed by atoms with E-state index in [1.54, 1.807) is 12.0 Å². The molecule has 0 saturated heterocycles. The Labute approximate surface area is 248 Å². The van der Waals surface area contributed by atoms with Gasteiger partial charge in [-0.05, 0) is 84.7 Å². The number of benzene rings is 3. The first-order valence-corrected chi connectivity index (χ1v) is 15.3. The highest BCUT2D eigenvalue weighted by Crippen LogP contribution is 2.36. The van der Waals surface area contributed by atoms with E-state index in [0.29, 0.717) is 17.9 Å². The van der Waals surface area contributed by atoms with Crippen molar-refractivity contribution in [2.75, 3.05) is 30.5 Å². The number of aliphatic hydroxyl groups is 1. The maximum atomic E-state index is 14.0. The van der Waals surface area contributed by atoms with Crippen LogP contribution in [0, 0.1) is 5.92 Å². The highest BCUT2D eigenvalue weighted by molar-refractivity contribution is 5.96. The van der Waals surface area contributed by atoms with Crippen LogP contribution >= 0.6 is 0 Å². The zero-order chi connectivity index (χ0) is 28.9. The Bertz CT molecular complexity index is 1460. The third-order valence-corrected chi connectivity index (χ3v) is 8.74. The molecule has 1 amide bonds. The van der Waals surface area contributed by atoms with Gasteiger partial charge in [0, 0.05) is 23.7 Å². The summed E-state index contributed by atoms with van der Waals surface area (Å²) in [6.45, 7) is 1.45. The number of carbonyl (C=O) groups is 1. The van der Waals surface area contributed by atoms with Crippen molar-refractivity contribution in [3.05, 3.63) is 95.3 Å². The molecule has 2 aliphatic carbocycles. The summed E-state index contributed by atoms with van der Waals surface area (Å²) in [5.74, 6) is 1.67. The molecule has 0 spiro atoms. The van der Waals surface area contributed by atoms with Gasteiger partial charge in [0.2, 0.25) is 5.91 Å². The minimum Gasteiger partial charge on any atom is -0.497 e. The lowest BCUT2D eigenvalue weighted by Crippen LogP contribution is -2.40. The molecule has 1 atom stereocenters. The summed E-state index contributed by atoms with van der Waals surface area (Å²) < 4.78 is 11.4. The monoisotopic (exact) mass is 564 g/mol. The lowest BCUT2D eigenvalue weighted by molar-refractivity contribution is -0.125. The zero-order valence-corrected chi connectivity index (χ0v) is 24.4. The van der Waals surface area contributed by atoms with E-state index < -0.39 is 6.23 Å². The third kappa shape index (κ3) is 6.09. The van der Waals surface area contributed by atoms with Gasteiger partial charge in [0.05, 0.1) is 12.8 Å². The van der Waals surface area contributed by atoms with Crippen LogP contribution in [-0.4, -0.2) is 31.3 Å². The Kier molecular flexibility index (Phi) is 8.61. The van der Waals surface area contributed by atoms with Crippen LogP contribution in [0.2, 0.25) is 0 Å². The van der Waals surface area contributed by atoms with Crippen LogP contribution in [0.4, 0.5) is 11.4 Å². The van der Waals surface area contributed by atoms with E-state index in [1.165, 1.54) is 12.0 Å². The summed E-state index contributed by atoms with van der Waals surface area (Å²) in [5, 5.41) is 15.1.